The highest BCUT2D eigenvalue weighted by Crippen LogP contribution is 2.25. The van der Waals surface area contributed by atoms with Gasteiger partial charge in [0.05, 0.1) is 17.1 Å². The topological polar surface area (TPSA) is 85.1 Å². The molecule has 2 aromatic rings. The summed E-state index contributed by atoms with van der Waals surface area (Å²) in [5, 5.41) is 0.383. The van der Waals surface area contributed by atoms with E-state index in [0.29, 0.717) is 16.4 Å². The van der Waals surface area contributed by atoms with Crippen LogP contribution in [-0.4, -0.2) is 13.4 Å². The number of aromatic nitrogens is 1. The Bertz CT molecular complexity index is 717. The van der Waals surface area contributed by atoms with Crippen LogP contribution in [0.4, 0.5) is 11.4 Å². The van der Waals surface area contributed by atoms with Crippen LogP contribution in [0.15, 0.2) is 41.4 Å². The van der Waals surface area contributed by atoms with E-state index in [1.165, 1.54) is 18.2 Å². The van der Waals surface area contributed by atoms with Gasteiger partial charge in [0.25, 0.3) is 10.0 Å². The molecule has 0 fully saturated rings. The molecule has 0 unspecified atom stereocenters. The number of sulfonamides is 1. The van der Waals surface area contributed by atoms with Crippen LogP contribution in [0, 0.1) is 6.92 Å². The molecule has 1 heterocycles. The zero-order valence-corrected chi connectivity index (χ0v) is 11.7. The third-order valence-corrected chi connectivity index (χ3v) is 4.19. The Balaban J connectivity index is 2.41. The van der Waals surface area contributed by atoms with Crippen LogP contribution in [0.2, 0.25) is 5.02 Å². The van der Waals surface area contributed by atoms with Gasteiger partial charge in [-0.3, -0.25) is 9.71 Å². The van der Waals surface area contributed by atoms with E-state index >= 15 is 0 Å². The lowest BCUT2D eigenvalue weighted by atomic mass is 10.3. The van der Waals surface area contributed by atoms with E-state index < -0.39 is 10.0 Å². The first-order valence-electron chi connectivity index (χ1n) is 5.39. The lowest BCUT2D eigenvalue weighted by Gasteiger charge is -2.11. The molecule has 3 N–H and O–H groups in total. The molecule has 0 bridgehead atoms. The number of nitrogens with two attached hydrogens (primary N) is 1. The maximum Gasteiger partial charge on any atom is 0.264 e. The van der Waals surface area contributed by atoms with Crippen molar-refractivity contribution in [2.24, 2.45) is 0 Å². The van der Waals surface area contributed by atoms with Crippen molar-refractivity contribution in [3.63, 3.8) is 0 Å². The Morgan fingerprint density at radius 1 is 1.32 bits per heavy atom. The van der Waals surface area contributed by atoms with Crippen LogP contribution in [0.5, 0.6) is 0 Å². The number of hydrogen-bond donors (Lipinski definition) is 2. The van der Waals surface area contributed by atoms with Gasteiger partial charge in [-0.2, -0.15) is 0 Å². The molecule has 0 aliphatic rings. The molecule has 19 heavy (non-hydrogen) atoms. The number of nitrogens with one attached hydrogen (secondary N) is 1. The molecule has 2 rings (SSSR count). The maximum atomic E-state index is 12.2. The molecule has 0 saturated heterocycles. The molecule has 0 amide bonds. The predicted octanol–water partition coefficient (Wildman–Crippen LogP) is 2.43. The molecule has 5 nitrogen and oxygen atoms in total. The molecule has 1 aromatic heterocycles. The molecular weight excluding hydrogens is 286 g/mol. The minimum atomic E-state index is -3.76. The first kappa shape index (κ1) is 13.6. The van der Waals surface area contributed by atoms with Crippen LogP contribution in [-0.2, 0) is 10.0 Å². The Hall–Kier alpha value is -1.79. The van der Waals surface area contributed by atoms with Gasteiger partial charge < -0.3 is 5.73 Å². The highest BCUT2D eigenvalue weighted by atomic mass is 35.5. The second-order valence-electron chi connectivity index (χ2n) is 3.92. The highest BCUT2D eigenvalue weighted by molar-refractivity contribution is 7.92. The minimum absolute atomic E-state index is 0.0137. The van der Waals surface area contributed by atoms with Gasteiger partial charge in [-0.1, -0.05) is 11.6 Å². The van der Waals surface area contributed by atoms with Crippen LogP contribution < -0.4 is 10.5 Å². The predicted molar refractivity (Wildman–Crippen MR) is 75.6 cm³/mol. The van der Waals surface area contributed by atoms with Gasteiger partial charge >= 0.3 is 0 Å². The standard InChI is InChI=1S/C12H12ClN3O2S/c1-8-11(3-2-6-15-8)16-19(17,18)12-5-4-9(13)7-10(12)14/h2-7,16H,14H2,1H3. The minimum Gasteiger partial charge on any atom is -0.398 e. The highest BCUT2D eigenvalue weighted by Gasteiger charge is 2.18. The van der Waals surface area contributed by atoms with Crippen LogP contribution in [0.1, 0.15) is 5.69 Å². The largest absolute Gasteiger partial charge is 0.398 e. The number of nitrogens with zero attached hydrogens (tertiary/aromatic N) is 1. The second-order valence-corrected chi connectivity index (χ2v) is 6.01. The second kappa shape index (κ2) is 5.07. The number of rotatable bonds is 3. The van der Waals surface area contributed by atoms with Gasteiger partial charge in [0.15, 0.2) is 0 Å². The molecular formula is C12H12ClN3O2S. The SMILES string of the molecule is Cc1ncccc1NS(=O)(=O)c1ccc(Cl)cc1N. The van der Waals surface area contributed by atoms with Crippen molar-refractivity contribution >= 4 is 33.0 Å². The number of anilines is 2. The summed E-state index contributed by atoms with van der Waals surface area (Å²) in [6, 6.07) is 7.52. The van der Waals surface area contributed by atoms with E-state index in [4.69, 9.17) is 17.3 Å². The quantitative estimate of drug-likeness (QED) is 0.852. The molecule has 0 aliphatic heterocycles. The summed E-state index contributed by atoms with van der Waals surface area (Å²) in [4.78, 5) is 4.00. The molecule has 1 aromatic carbocycles. The smallest absolute Gasteiger partial charge is 0.264 e. The van der Waals surface area contributed by atoms with E-state index in [2.05, 4.69) is 9.71 Å². The zero-order chi connectivity index (χ0) is 14.0. The van der Waals surface area contributed by atoms with Crippen molar-refractivity contribution in [1.29, 1.82) is 0 Å². The molecule has 0 radical (unpaired) electrons. The summed E-state index contributed by atoms with van der Waals surface area (Å²) in [6.07, 6.45) is 1.59. The fourth-order valence-corrected chi connectivity index (χ4v) is 2.97. The van der Waals surface area contributed by atoms with Crippen molar-refractivity contribution in [2.75, 3.05) is 10.5 Å². The number of pyridine rings is 1. The average molecular weight is 298 g/mol. The van der Waals surface area contributed by atoms with Crippen molar-refractivity contribution in [3.8, 4) is 0 Å². The van der Waals surface area contributed by atoms with E-state index in [1.54, 1.807) is 25.3 Å². The summed E-state index contributed by atoms with van der Waals surface area (Å²) in [7, 11) is -3.76. The molecule has 100 valence electrons. The first-order chi connectivity index (χ1) is 8.90. The fraction of sp³-hybridized carbons (Fsp3) is 0.0833. The molecule has 7 heteroatoms. The summed E-state index contributed by atoms with van der Waals surface area (Å²) < 4.78 is 26.9. The summed E-state index contributed by atoms with van der Waals surface area (Å²) in [6.45, 7) is 1.71. The fourth-order valence-electron chi connectivity index (χ4n) is 1.56. The van der Waals surface area contributed by atoms with Gasteiger partial charge in [-0.15, -0.1) is 0 Å². The third kappa shape index (κ3) is 2.97. The van der Waals surface area contributed by atoms with Crippen LogP contribution in [0.3, 0.4) is 0 Å². The van der Waals surface area contributed by atoms with Gasteiger partial charge in [0, 0.05) is 11.2 Å². The number of hydrogen-bond acceptors (Lipinski definition) is 4. The lowest BCUT2D eigenvalue weighted by molar-refractivity contribution is 0.601. The average Bonchev–Trinajstić information content (AvgIpc) is 2.31. The molecule has 0 atom stereocenters. The van der Waals surface area contributed by atoms with E-state index in [9.17, 15) is 8.42 Å². The van der Waals surface area contributed by atoms with Gasteiger partial charge in [-0.05, 0) is 37.3 Å². The maximum absolute atomic E-state index is 12.2. The summed E-state index contributed by atoms with van der Waals surface area (Å²) in [5.41, 5.74) is 6.77. The normalized spacial score (nSPS) is 11.3. The van der Waals surface area contributed by atoms with Crippen molar-refractivity contribution in [3.05, 3.63) is 47.2 Å². The van der Waals surface area contributed by atoms with Crippen molar-refractivity contribution in [2.45, 2.75) is 11.8 Å². The van der Waals surface area contributed by atoms with Gasteiger partial charge in [0.2, 0.25) is 0 Å². The third-order valence-electron chi connectivity index (χ3n) is 2.51. The Kier molecular flexibility index (Phi) is 3.64. The van der Waals surface area contributed by atoms with Crippen LogP contribution >= 0.6 is 11.6 Å². The monoisotopic (exact) mass is 297 g/mol. The van der Waals surface area contributed by atoms with Gasteiger partial charge in [-0.25, -0.2) is 8.42 Å². The zero-order valence-electron chi connectivity index (χ0n) is 10.1. The van der Waals surface area contributed by atoms with Crippen molar-refractivity contribution < 1.29 is 8.42 Å². The first-order valence-corrected chi connectivity index (χ1v) is 7.26. The Labute approximate surface area is 116 Å². The number of aryl methyl sites for hydroxylation is 1. The molecule has 0 saturated carbocycles. The number of nitrogen functional groups attached to an aromatic ring is 1. The summed E-state index contributed by atoms with van der Waals surface area (Å²) in [5.74, 6) is 0. The van der Waals surface area contributed by atoms with E-state index in [-0.39, 0.29) is 10.6 Å². The summed E-state index contributed by atoms with van der Waals surface area (Å²) >= 11 is 5.75. The number of halogens is 1. The van der Waals surface area contributed by atoms with Crippen LogP contribution in [0.25, 0.3) is 0 Å². The van der Waals surface area contributed by atoms with Crippen molar-refractivity contribution in [1.82, 2.24) is 4.98 Å². The lowest BCUT2D eigenvalue weighted by Crippen LogP contribution is -2.15. The van der Waals surface area contributed by atoms with E-state index in [1.807, 2.05) is 0 Å². The number of benzene rings is 1. The Morgan fingerprint density at radius 3 is 2.68 bits per heavy atom. The Morgan fingerprint density at radius 2 is 2.05 bits per heavy atom. The molecule has 0 spiro atoms. The van der Waals surface area contributed by atoms with E-state index in [0.717, 1.165) is 0 Å². The van der Waals surface area contributed by atoms with Gasteiger partial charge in [0.1, 0.15) is 4.90 Å². The molecule has 0 aliphatic carbocycles.